The number of carbonyl (C=O) groups excluding carboxylic acids is 2. The number of imide groups is 1. The molecule has 1 aliphatic heterocycles. The van der Waals surface area contributed by atoms with Crippen LogP contribution < -0.4 is 4.72 Å². The average molecular weight is 412 g/mol. The zero-order valence-electron chi connectivity index (χ0n) is 17.2. The average Bonchev–Trinajstić information content (AvgIpc) is 3.30. The number of urea groups is 1. The summed E-state index contributed by atoms with van der Waals surface area (Å²) in [6, 6.07) is -0.655. The number of rotatable bonds is 4. The molecule has 158 valence electrons. The lowest BCUT2D eigenvalue weighted by Crippen LogP contribution is -2.52. The second-order valence-corrected chi connectivity index (χ2v) is 11.7. The summed E-state index contributed by atoms with van der Waals surface area (Å²) in [5.41, 5.74) is -0.301. The Bertz CT molecular complexity index is 763. The molecule has 5 atom stereocenters. The predicted octanol–water partition coefficient (Wildman–Crippen LogP) is 2.47. The Hall–Kier alpha value is -1.15. The van der Waals surface area contributed by atoms with Crippen LogP contribution in [0.15, 0.2) is 0 Å². The maximum atomic E-state index is 13.3. The quantitative estimate of drug-likeness (QED) is 0.770. The summed E-state index contributed by atoms with van der Waals surface area (Å²) in [5.74, 6) is 0.0695. The number of carbonyl (C=O) groups is 2. The van der Waals surface area contributed by atoms with Gasteiger partial charge in [0.15, 0.2) is 0 Å². The van der Waals surface area contributed by atoms with E-state index in [1.54, 1.807) is 11.9 Å². The third-order valence-corrected chi connectivity index (χ3v) is 9.65. The van der Waals surface area contributed by atoms with Crippen LogP contribution in [0.5, 0.6) is 0 Å². The number of amides is 3. The third-order valence-electron chi connectivity index (χ3n) is 7.56. The molecular formula is C20H33N3O4S. The Morgan fingerprint density at radius 2 is 1.79 bits per heavy atom. The van der Waals surface area contributed by atoms with Crippen LogP contribution in [0, 0.1) is 11.8 Å². The van der Waals surface area contributed by atoms with Gasteiger partial charge in [-0.2, -0.15) is 0 Å². The van der Waals surface area contributed by atoms with Crippen LogP contribution >= 0.6 is 0 Å². The van der Waals surface area contributed by atoms with Crippen LogP contribution in [0.1, 0.15) is 71.6 Å². The zero-order chi connectivity index (χ0) is 20.3. The van der Waals surface area contributed by atoms with Crippen molar-refractivity contribution < 1.29 is 18.0 Å². The lowest BCUT2D eigenvalue weighted by atomic mass is 9.79. The van der Waals surface area contributed by atoms with Gasteiger partial charge >= 0.3 is 6.03 Å². The number of nitrogens with zero attached hydrogens (tertiary/aromatic N) is 2. The number of likely N-dealkylation sites (N-methyl/N-ethyl adjacent to an activating group) is 1. The van der Waals surface area contributed by atoms with Gasteiger partial charge in [0, 0.05) is 18.5 Å². The fourth-order valence-electron chi connectivity index (χ4n) is 5.39. The maximum absolute atomic E-state index is 13.3. The summed E-state index contributed by atoms with van der Waals surface area (Å²) in [6.07, 6.45) is 7.24. The monoisotopic (exact) mass is 411 g/mol. The van der Waals surface area contributed by atoms with Gasteiger partial charge in [-0.05, 0) is 57.8 Å². The first-order chi connectivity index (χ1) is 13.1. The maximum Gasteiger partial charge on any atom is 0.327 e. The van der Waals surface area contributed by atoms with Crippen molar-refractivity contribution in [2.75, 3.05) is 7.05 Å². The van der Waals surface area contributed by atoms with E-state index in [4.69, 9.17) is 0 Å². The minimum absolute atomic E-state index is 0.0710. The van der Waals surface area contributed by atoms with Gasteiger partial charge in [-0.1, -0.05) is 19.8 Å². The van der Waals surface area contributed by atoms with Crippen molar-refractivity contribution in [3.05, 3.63) is 0 Å². The Morgan fingerprint density at radius 3 is 2.43 bits per heavy atom. The van der Waals surface area contributed by atoms with Crippen molar-refractivity contribution in [2.45, 2.75) is 94.5 Å². The molecule has 0 aromatic carbocycles. The number of sulfonamides is 1. The molecule has 0 bridgehead atoms. The van der Waals surface area contributed by atoms with E-state index >= 15 is 0 Å². The number of fused-ring (bicyclic) bond motifs is 1. The smallest absolute Gasteiger partial charge is 0.322 e. The third kappa shape index (κ3) is 3.47. The molecule has 1 N–H and O–H groups in total. The van der Waals surface area contributed by atoms with Gasteiger partial charge in [-0.3, -0.25) is 9.69 Å². The molecule has 1 heterocycles. The highest BCUT2D eigenvalue weighted by atomic mass is 32.2. The fourth-order valence-corrected chi connectivity index (χ4v) is 7.35. The molecular weight excluding hydrogens is 378 g/mol. The predicted molar refractivity (Wildman–Crippen MR) is 106 cm³/mol. The number of hydrogen-bond donors (Lipinski definition) is 1. The molecule has 8 heteroatoms. The lowest BCUT2D eigenvalue weighted by molar-refractivity contribution is -0.136. The summed E-state index contributed by atoms with van der Waals surface area (Å²) in [7, 11) is -1.71. The van der Waals surface area contributed by atoms with Crippen molar-refractivity contribution >= 4 is 22.0 Å². The largest absolute Gasteiger partial charge is 0.327 e. The van der Waals surface area contributed by atoms with Gasteiger partial charge in [0.05, 0.1) is 17.3 Å². The molecule has 3 aliphatic carbocycles. The lowest BCUT2D eigenvalue weighted by Gasteiger charge is -2.37. The number of hydrogen-bond acceptors (Lipinski definition) is 4. The SMILES string of the molecule is CC1CCCCC1C(=O)N1C(=O)N(C)C2CCC(S(=O)(=O)NC3(C)CC3)CC21. The summed E-state index contributed by atoms with van der Waals surface area (Å²) in [6.45, 7) is 4.03. The van der Waals surface area contributed by atoms with Crippen LogP contribution in [-0.4, -0.2) is 60.1 Å². The van der Waals surface area contributed by atoms with Gasteiger partial charge in [0.1, 0.15) is 0 Å². The second kappa shape index (κ2) is 6.97. The molecule has 0 aromatic rings. The van der Waals surface area contributed by atoms with E-state index in [9.17, 15) is 18.0 Å². The highest BCUT2D eigenvalue weighted by Crippen LogP contribution is 2.41. The van der Waals surface area contributed by atoms with Crippen molar-refractivity contribution in [2.24, 2.45) is 11.8 Å². The highest BCUT2D eigenvalue weighted by molar-refractivity contribution is 7.90. The molecule has 28 heavy (non-hydrogen) atoms. The standard InChI is InChI=1S/C20H33N3O4S/c1-13-6-4-5-7-15(13)18(24)23-17-12-14(8-9-16(17)22(3)19(23)25)28(26,27)21-20(2)10-11-20/h13-17,21H,4-12H2,1-3H3. The summed E-state index contributed by atoms with van der Waals surface area (Å²) in [4.78, 5) is 29.3. The van der Waals surface area contributed by atoms with Gasteiger partial charge in [0.2, 0.25) is 15.9 Å². The van der Waals surface area contributed by atoms with Crippen molar-refractivity contribution in [3.8, 4) is 0 Å². The summed E-state index contributed by atoms with van der Waals surface area (Å²) in [5, 5.41) is -0.537. The van der Waals surface area contributed by atoms with Gasteiger partial charge < -0.3 is 4.90 Å². The van der Waals surface area contributed by atoms with Gasteiger partial charge in [-0.25, -0.2) is 17.9 Å². The Balaban J connectivity index is 1.54. The van der Waals surface area contributed by atoms with E-state index in [0.717, 1.165) is 38.5 Å². The number of nitrogens with one attached hydrogen (secondary N) is 1. The van der Waals surface area contributed by atoms with Crippen LogP contribution in [0.2, 0.25) is 0 Å². The first-order valence-corrected chi connectivity index (χ1v) is 12.3. The van der Waals surface area contributed by atoms with Gasteiger partial charge in [0.25, 0.3) is 0 Å². The molecule has 3 saturated carbocycles. The normalized spacial score (nSPS) is 37.7. The molecule has 3 amide bonds. The molecule has 0 radical (unpaired) electrons. The first-order valence-electron chi connectivity index (χ1n) is 10.8. The first kappa shape index (κ1) is 20.1. The van der Waals surface area contributed by atoms with E-state index in [-0.39, 0.29) is 41.4 Å². The molecule has 0 aromatic heterocycles. The van der Waals surface area contributed by atoms with E-state index < -0.39 is 15.3 Å². The topological polar surface area (TPSA) is 86.8 Å². The Labute approximate surface area is 168 Å². The Kier molecular flexibility index (Phi) is 5.01. The van der Waals surface area contributed by atoms with Crippen molar-refractivity contribution in [1.29, 1.82) is 0 Å². The molecule has 4 rings (SSSR count). The van der Waals surface area contributed by atoms with Crippen molar-refractivity contribution in [3.63, 3.8) is 0 Å². The summed E-state index contributed by atoms with van der Waals surface area (Å²) < 4.78 is 28.7. The fraction of sp³-hybridized carbons (Fsp3) is 0.900. The minimum atomic E-state index is -3.45. The highest BCUT2D eigenvalue weighted by Gasteiger charge is 2.53. The van der Waals surface area contributed by atoms with Crippen LogP contribution in [0.3, 0.4) is 0 Å². The van der Waals surface area contributed by atoms with E-state index in [0.29, 0.717) is 19.3 Å². The zero-order valence-corrected chi connectivity index (χ0v) is 18.0. The van der Waals surface area contributed by atoms with E-state index in [1.807, 2.05) is 6.92 Å². The van der Waals surface area contributed by atoms with Crippen molar-refractivity contribution in [1.82, 2.24) is 14.5 Å². The van der Waals surface area contributed by atoms with E-state index in [1.165, 1.54) is 4.90 Å². The van der Waals surface area contributed by atoms with Gasteiger partial charge in [-0.15, -0.1) is 0 Å². The van der Waals surface area contributed by atoms with Crippen LogP contribution in [-0.2, 0) is 14.8 Å². The molecule has 0 spiro atoms. The Morgan fingerprint density at radius 1 is 1.11 bits per heavy atom. The van der Waals surface area contributed by atoms with Crippen LogP contribution in [0.4, 0.5) is 4.79 Å². The molecule has 4 aliphatic rings. The minimum Gasteiger partial charge on any atom is -0.322 e. The second-order valence-electron chi connectivity index (χ2n) is 9.75. The molecule has 1 saturated heterocycles. The van der Waals surface area contributed by atoms with Crippen LogP contribution in [0.25, 0.3) is 0 Å². The summed E-state index contributed by atoms with van der Waals surface area (Å²) >= 11 is 0. The molecule has 4 fully saturated rings. The van der Waals surface area contributed by atoms with E-state index in [2.05, 4.69) is 11.6 Å². The molecule has 7 nitrogen and oxygen atoms in total. The molecule has 5 unspecified atom stereocenters.